The first-order chi connectivity index (χ1) is 7.43. The molecular formula is C6H7ClN4O4S. The van der Waals surface area contributed by atoms with Gasteiger partial charge in [-0.05, 0) is 17.7 Å². The Hall–Kier alpha value is -1.61. The molecule has 0 aliphatic rings. The normalized spacial score (nSPS) is 10.6. The van der Waals surface area contributed by atoms with Crippen molar-refractivity contribution in [3.05, 3.63) is 17.5 Å². The maximum Gasteiger partial charge on any atom is 0.422 e. The number of hydrogen-bond acceptors (Lipinski definition) is 6. The average molecular weight is 267 g/mol. The van der Waals surface area contributed by atoms with Crippen LogP contribution in [0.4, 0.5) is 10.6 Å². The third-order valence-electron chi connectivity index (χ3n) is 1.27. The molecule has 1 aromatic heterocycles. The lowest BCUT2D eigenvalue weighted by Crippen LogP contribution is -2.35. The Balaban J connectivity index is 2.77. The van der Waals surface area contributed by atoms with Crippen molar-refractivity contribution in [2.24, 2.45) is 0 Å². The second-order valence-corrected chi connectivity index (χ2v) is 4.16. The van der Waals surface area contributed by atoms with Gasteiger partial charge in [0.25, 0.3) is 0 Å². The summed E-state index contributed by atoms with van der Waals surface area (Å²) in [5.41, 5.74) is 0. The lowest BCUT2D eigenvalue weighted by Gasteiger charge is -2.07. The van der Waals surface area contributed by atoms with Crippen LogP contribution in [0.2, 0.25) is 5.28 Å². The van der Waals surface area contributed by atoms with Crippen molar-refractivity contribution < 1.29 is 17.9 Å². The van der Waals surface area contributed by atoms with E-state index < -0.39 is 16.3 Å². The molecule has 0 saturated heterocycles. The van der Waals surface area contributed by atoms with Crippen LogP contribution in [0.25, 0.3) is 0 Å². The molecule has 1 amide bonds. The van der Waals surface area contributed by atoms with Gasteiger partial charge in [0.1, 0.15) is 5.82 Å². The Bertz CT molecular complexity index is 491. The van der Waals surface area contributed by atoms with Crippen LogP contribution in [0.15, 0.2) is 12.3 Å². The molecule has 0 unspecified atom stereocenters. The topological polar surface area (TPSA) is 110 Å². The maximum atomic E-state index is 11.3. The molecule has 1 heterocycles. The van der Waals surface area contributed by atoms with Gasteiger partial charge in [-0.15, -0.1) is 0 Å². The molecule has 0 atom stereocenters. The minimum Gasteiger partial charge on any atom is -0.452 e. The molecule has 8 nitrogen and oxygen atoms in total. The lowest BCUT2D eigenvalue weighted by atomic mass is 10.6. The Labute approximate surface area is 96.2 Å². The van der Waals surface area contributed by atoms with Gasteiger partial charge in [-0.25, -0.2) is 19.2 Å². The van der Waals surface area contributed by atoms with Crippen LogP contribution in [-0.2, 0) is 14.9 Å². The van der Waals surface area contributed by atoms with Gasteiger partial charge in [-0.2, -0.15) is 13.4 Å². The van der Waals surface area contributed by atoms with E-state index in [1.165, 1.54) is 12.3 Å². The largest absolute Gasteiger partial charge is 0.452 e. The second kappa shape index (κ2) is 4.94. The number of methoxy groups -OCH3 is 1. The molecular weight excluding hydrogens is 260 g/mol. The third kappa shape index (κ3) is 3.87. The Morgan fingerprint density at radius 2 is 2.25 bits per heavy atom. The fourth-order valence-electron chi connectivity index (χ4n) is 0.706. The van der Waals surface area contributed by atoms with Gasteiger partial charge in [-0.3, -0.25) is 0 Å². The van der Waals surface area contributed by atoms with Crippen LogP contribution < -0.4 is 9.44 Å². The van der Waals surface area contributed by atoms with E-state index in [4.69, 9.17) is 11.6 Å². The fraction of sp³-hybridized carbons (Fsp3) is 0.167. The smallest absolute Gasteiger partial charge is 0.422 e. The summed E-state index contributed by atoms with van der Waals surface area (Å²) in [6.07, 6.45) is 0.137. The lowest BCUT2D eigenvalue weighted by molar-refractivity contribution is 0.177. The van der Waals surface area contributed by atoms with E-state index in [9.17, 15) is 13.2 Å². The second-order valence-electron chi connectivity index (χ2n) is 2.41. The van der Waals surface area contributed by atoms with Crippen LogP contribution in [-0.4, -0.2) is 31.6 Å². The molecule has 1 rings (SSSR count). The van der Waals surface area contributed by atoms with Crippen molar-refractivity contribution in [1.82, 2.24) is 14.7 Å². The van der Waals surface area contributed by atoms with Crippen LogP contribution in [0.5, 0.6) is 0 Å². The number of halogens is 1. The van der Waals surface area contributed by atoms with E-state index in [0.717, 1.165) is 7.11 Å². The van der Waals surface area contributed by atoms with Crippen molar-refractivity contribution in [3.63, 3.8) is 0 Å². The number of carbonyl (C=O) groups excluding carboxylic acids is 1. The van der Waals surface area contributed by atoms with Crippen molar-refractivity contribution >= 4 is 33.7 Å². The monoisotopic (exact) mass is 266 g/mol. The average Bonchev–Trinajstić information content (AvgIpc) is 2.15. The van der Waals surface area contributed by atoms with E-state index in [0.29, 0.717) is 0 Å². The van der Waals surface area contributed by atoms with E-state index in [1.54, 1.807) is 4.72 Å². The predicted molar refractivity (Wildman–Crippen MR) is 55.1 cm³/mol. The molecule has 16 heavy (non-hydrogen) atoms. The highest BCUT2D eigenvalue weighted by molar-refractivity contribution is 7.91. The summed E-state index contributed by atoms with van der Waals surface area (Å²) in [4.78, 5) is 17.8. The van der Waals surface area contributed by atoms with Gasteiger partial charge >= 0.3 is 16.3 Å². The van der Waals surface area contributed by atoms with Crippen molar-refractivity contribution in [2.45, 2.75) is 0 Å². The van der Waals surface area contributed by atoms with Gasteiger partial charge < -0.3 is 4.74 Å². The van der Waals surface area contributed by atoms with Crippen molar-refractivity contribution in [2.75, 3.05) is 11.8 Å². The molecule has 0 aliphatic carbocycles. The van der Waals surface area contributed by atoms with Gasteiger partial charge in [0, 0.05) is 6.20 Å². The number of ether oxygens (including phenoxy) is 1. The summed E-state index contributed by atoms with van der Waals surface area (Å²) >= 11 is 5.44. The van der Waals surface area contributed by atoms with Crippen LogP contribution in [0, 0.1) is 0 Å². The summed E-state index contributed by atoms with van der Waals surface area (Å²) < 4.78 is 30.1. The van der Waals surface area contributed by atoms with E-state index in [-0.39, 0.29) is 11.1 Å². The number of aromatic nitrogens is 2. The molecule has 2 N–H and O–H groups in total. The molecule has 0 aliphatic heterocycles. The SMILES string of the molecule is COC(=O)NS(=O)(=O)Nc1ccnc(Cl)n1. The van der Waals surface area contributed by atoms with Crippen LogP contribution >= 0.6 is 11.6 Å². The van der Waals surface area contributed by atoms with Gasteiger partial charge in [-0.1, -0.05) is 0 Å². The first kappa shape index (κ1) is 12.5. The Morgan fingerprint density at radius 3 is 2.81 bits per heavy atom. The Morgan fingerprint density at radius 1 is 1.56 bits per heavy atom. The first-order valence-electron chi connectivity index (χ1n) is 3.80. The minimum atomic E-state index is -4.09. The van der Waals surface area contributed by atoms with Crippen molar-refractivity contribution in [1.29, 1.82) is 0 Å². The molecule has 0 radical (unpaired) electrons. The summed E-state index contributed by atoms with van der Waals surface area (Å²) in [7, 11) is -3.05. The quantitative estimate of drug-likeness (QED) is 0.753. The molecule has 88 valence electrons. The number of carbonyl (C=O) groups is 1. The zero-order chi connectivity index (χ0) is 12.2. The highest BCUT2D eigenvalue weighted by Gasteiger charge is 2.15. The van der Waals surface area contributed by atoms with E-state index in [1.807, 2.05) is 4.72 Å². The molecule has 1 aromatic rings. The van der Waals surface area contributed by atoms with Crippen LogP contribution in [0.3, 0.4) is 0 Å². The van der Waals surface area contributed by atoms with Crippen LogP contribution in [0.1, 0.15) is 0 Å². The molecule has 10 heteroatoms. The zero-order valence-electron chi connectivity index (χ0n) is 7.97. The summed E-state index contributed by atoms with van der Waals surface area (Å²) in [5, 5.41) is -0.127. The van der Waals surface area contributed by atoms with Gasteiger partial charge in [0.2, 0.25) is 5.28 Å². The highest BCUT2D eigenvalue weighted by atomic mass is 35.5. The number of nitrogens with one attached hydrogen (secondary N) is 2. The summed E-state index contributed by atoms with van der Waals surface area (Å²) in [6, 6.07) is 1.27. The highest BCUT2D eigenvalue weighted by Crippen LogP contribution is 2.06. The molecule has 0 fully saturated rings. The number of nitrogens with zero attached hydrogens (tertiary/aromatic N) is 2. The van der Waals surface area contributed by atoms with Crippen molar-refractivity contribution in [3.8, 4) is 0 Å². The minimum absolute atomic E-state index is 0.0728. The molecule has 0 bridgehead atoms. The predicted octanol–water partition coefficient (Wildman–Crippen LogP) is 0.143. The molecule has 0 spiro atoms. The van der Waals surface area contributed by atoms with Gasteiger partial charge in [0.15, 0.2) is 0 Å². The maximum absolute atomic E-state index is 11.3. The van der Waals surface area contributed by atoms with Gasteiger partial charge in [0.05, 0.1) is 7.11 Å². The summed E-state index contributed by atoms with van der Waals surface area (Å²) in [5.74, 6) is -0.0728. The first-order valence-corrected chi connectivity index (χ1v) is 5.66. The summed E-state index contributed by atoms with van der Waals surface area (Å²) in [6.45, 7) is 0. The number of anilines is 1. The zero-order valence-corrected chi connectivity index (χ0v) is 9.54. The number of hydrogen-bond donors (Lipinski definition) is 2. The van der Waals surface area contributed by atoms with E-state index in [2.05, 4.69) is 14.7 Å². The molecule has 0 aromatic carbocycles. The third-order valence-corrected chi connectivity index (χ3v) is 2.36. The fourth-order valence-corrected chi connectivity index (χ4v) is 1.60. The Kier molecular flexibility index (Phi) is 3.85. The molecule has 0 saturated carbocycles. The standard InChI is InChI=1S/C6H7ClN4O4S/c1-15-6(12)11-16(13,14)10-4-2-3-8-5(7)9-4/h2-3H,1H3,(H,11,12)(H,8,9,10). The van der Waals surface area contributed by atoms with E-state index >= 15 is 0 Å². The number of rotatable bonds is 3. The number of amides is 1.